The molecule has 0 radical (unpaired) electrons. The van der Waals surface area contributed by atoms with Crippen molar-refractivity contribution in [2.75, 3.05) is 5.73 Å². The molecule has 5 nitrogen and oxygen atoms in total. The molecular weight excluding hydrogens is 358 g/mol. The van der Waals surface area contributed by atoms with Crippen LogP contribution >= 0.6 is 11.6 Å². The van der Waals surface area contributed by atoms with Crippen LogP contribution in [0.4, 0.5) is 5.82 Å². The summed E-state index contributed by atoms with van der Waals surface area (Å²) in [6, 6.07) is 17.9. The molecule has 1 unspecified atom stereocenters. The predicted octanol–water partition coefficient (Wildman–Crippen LogP) is 5.17. The average molecular weight is 380 g/mol. The van der Waals surface area contributed by atoms with Gasteiger partial charge < -0.3 is 5.73 Å². The van der Waals surface area contributed by atoms with E-state index in [1.165, 1.54) is 11.9 Å². The van der Waals surface area contributed by atoms with Gasteiger partial charge in [-0.05, 0) is 17.7 Å². The number of nitrogens with two attached hydrogens (primary N) is 1. The molecule has 2 heterocycles. The summed E-state index contributed by atoms with van der Waals surface area (Å²) in [5, 5.41) is 6.26. The topological polar surface area (TPSA) is 69.6 Å². The molecule has 0 aliphatic heterocycles. The molecular formula is C21H22ClN5. The summed E-state index contributed by atoms with van der Waals surface area (Å²) in [6.45, 7) is 2.87. The third-order valence-electron chi connectivity index (χ3n) is 4.49. The summed E-state index contributed by atoms with van der Waals surface area (Å²) < 4.78 is 1.91. The SMILES string of the molecule is C.CC(Cn1nc(-c2ccc(Cl)cc2)c2c(N)ncnc21)c1ccccc1. The van der Waals surface area contributed by atoms with E-state index in [0.717, 1.165) is 22.3 Å². The van der Waals surface area contributed by atoms with Gasteiger partial charge in [-0.2, -0.15) is 5.10 Å². The Morgan fingerprint density at radius 2 is 1.74 bits per heavy atom. The highest BCUT2D eigenvalue weighted by atomic mass is 35.5. The Labute approximate surface area is 163 Å². The van der Waals surface area contributed by atoms with E-state index >= 15 is 0 Å². The van der Waals surface area contributed by atoms with Crippen molar-refractivity contribution in [2.24, 2.45) is 0 Å². The standard InChI is InChI=1S/C20H18ClN5.CH4/c1-13(14-5-3-2-4-6-14)11-26-20-17(19(22)23-12-24-20)18(25-26)15-7-9-16(21)10-8-15;/h2-10,12-13H,11H2,1H3,(H2,22,23,24);1H4. The van der Waals surface area contributed by atoms with Gasteiger partial charge in [-0.3, -0.25) is 0 Å². The number of nitrogen functional groups attached to an aromatic ring is 1. The number of nitrogens with zero attached hydrogens (tertiary/aromatic N) is 4. The van der Waals surface area contributed by atoms with Gasteiger partial charge in [-0.25, -0.2) is 14.6 Å². The van der Waals surface area contributed by atoms with Crippen molar-refractivity contribution >= 4 is 28.5 Å². The Morgan fingerprint density at radius 3 is 2.44 bits per heavy atom. The van der Waals surface area contributed by atoms with Crippen LogP contribution in [0.5, 0.6) is 0 Å². The Kier molecular flexibility index (Phi) is 5.42. The van der Waals surface area contributed by atoms with Crippen LogP contribution in [0.2, 0.25) is 5.02 Å². The van der Waals surface area contributed by atoms with Crippen molar-refractivity contribution in [3.63, 3.8) is 0 Å². The first-order valence-corrected chi connectivity index (χ1v) is 8.79. The third-order valence-corrected chi connectivity index (χ3v) is 4.74. The van der Waals surface area contributed by atoms with Crippen LogP contribution < -0.4 is 5.73 Å². The van der Waals surface area contributed by atoms with Gasteiger partial charge in [0.05, 0.1) is 5.39 Å². The van der Waals surface area contributed by atoms with Crippen molar-refractivity contribution in [3.05, 3.63) is 71.5 Å². The van der Waals surface area contributed by atoms with Crippen molar-refractivity contribution in [1.82, 2.24) is 19.7 Å². The number of hydrogen-bond donors (Lipinski definition) is 1. The van der Waals surface area contributed by atoms with Crippen molar-refractivity contribution < 1.29 is 0 Å². The van der Waals surface area contributed by atoms with E-state index in [-0.39, 0.29) is 13.3 Å². The molecule has 0 saturated heterocycles. The van der Waals surface area contributed by atoms with Crippen molar-refractivity contribution in [3.8, 4) is 11.3 Å². The van der Waals surface area contributed by atoms with Gasteiger partial charge in [0.2, 0.25) is 0 Å². The molecule has 0 aliphatic carbocycles. The molecule has 0 amide bonds. The number of rotatable bonds is 4. The van der Waals surface area contributed by atoms with Crippen LogP contribution in [0.1, 0.15) is 25.8 Å². The van der Waals surface area contributed by atoms with Crippen LogP contribution in [0.25, 0.3) is 22.3 Å². The minimum atomic E-state index is 0. The lowest BCUT2D eigenvalue weighted by Crippen LogP contribution is -2.08. The molecule has 27 heavy (non-hydrogen) atoms. The lowest BCUT2D eigenvalue weighted by Gasteiger charge is -2.12. The Balaban J connectivity index is 0.00000210. The first-order chi connectivity index (χ1) is 12.6. The van der Waals surface area contributed by atoms with Crippen LogP contribution in [-0.4, -0.2) is 19.7 Å². The molecule has 1 atom stereocenters. The number of hydrogen-bond acceptors (Lipinski definition) is 4. The third kappa shape index (κ3) is 3.64. The summed E-state index contributed by atoms with van der Waals surface area (Å²) >= 11 is 6.02. The van der Waals surface area contributed by atoms with E-state index in [9.17, 15) is 0 Å². The maximum Gasteiger partial charge on any atom is 0.163 e. The molecule has 4 aromatic rings. The maximum absolute atomic E-state index is 6.15. The normalized spacial score (nSPS) is 11.9. The monoisotopic (exact) mass is 379 g/mol. The Morgan fingerprint density at radius 1 is 1.04 bits per heavy atom. The van der Waals surface area contributed by atoms with Gasteiger partial charge >= 0.3 is 0 Å². The van der Waals surface area contributed by atoms with Gasteiger partial charge in [-0.1, -0.05) is 68.4 Å². The second-order valence-electron chi connectivity index (χ2n) is 6.31. The summed E-state index contributed by atoms with van der Waals surface area (Å²) in [7, 11) is 0. The molecule has 2 aromatic carbocycles. The van der Waals surface area contributed by atoms with Gasteiger partial charge in [-0.15, -0.1) is 0 Å². The molecule has 138 valence electrons. The second-order valence-corrected chi connectivity index (χ2v) is 6.74. The Hall–Kier alpha value is -2.92. The number of fused-ring (bicyclic) bond motifs is 1. The van der Waals surface area contributed by atoms with E-state index in [0.29, 0.717) is 17.4 Å². The van der Waals surface area contributed by atoms with Crippen LogP contribution in [0.3, 0.4) is 0 Å². The summed E-state index contributed by atoms with van der Waals surface area (Å²) in [5.41, 5.74) is 9.86. The van der Waals surface area contributed by atoms with E-state index in [1.807, 2.05) is 47.1 Å². The summed E-state index contributed by atoms with van der Waals surface area (Å²) in [5.74, 6) is 0.715. The second kappa shape index (κ2) is 7.76. The number of benzene rings is 2. The van der Waals surface area contributed by atoms with Gasteiger partial charge in [0, 0.05) is 23.0 Å². The first kappa shape index (κ1) is 18.9. The van der Waals surface area contributed by atoms with Gasteiger partial charge in [0.1, 0.15) is 17.8 Å². The lowest BCUT2D eigenvalue weighted by molar-refractivity contribution is 0.556. The highest BCUT2D eigenvalue weighted by Crippen LogP contribution is 2.31. The molecule has 0 aliphatic rings. The molecule has 0 saturated carbocycles. The minimum Gasteiger partial charge on any atom is -0.383 e. The highest BCUT2D eigenvalue weighted by Gasteiger charge is 2.18. The quantitative estimate of drug-likeness (QED) is 0.531. The predicted molar refractivity (Wildman–Crippen MR) is 112 cm³/mol. The fourth-order valence-electron chi connectivity index (χ4n) is 3.11. The molecule has 2 N–H and O–H groups in total. The zero-order valence-electron chi connectivity index (χ0n) is 14.3. The van der Waals surface area contributed by atoms with E-state index < -0.39 is 0 Å². The zero-order valence-corrected chi connectivity index (χ0v) is 15.1. The fraction of sp³-hybridized carbons (Fsp3) is 0.190. The number of aromatic nitrogens is 4. The molecule has 2 aromatic heterocycles. The van der Waals surface area contributed by atoms with E-state index in [4.69, 9.17) is 22.4 Å². The molecule has 6 heteroatoms. The molecule has 4 rings (SSSR count). The zero-order chi connectivity index (χ0) is 18.1. The fourth-order valence-corrected chi connectivity index (χ4v) is 3.24. The molecule has 0 spiro atoms. The minimum absolute atomic E-state index is 0. The van der Waals surface area contributed by atoms with Gasteiger partial charge in [0.15, 0.2) is 5.65 Å². The Bertz CT molecular complexity index is 1040. The van der Waals surface area contributed by atoms with Crippen molar-refractivity contribution in [2.45, 2.75) is 26.8 Å². The van der Waals surface area contributed by atoms with Crippen LogP contribution in [0, 0.1) is 0 Å². The maximum atomic E-state index is 6.15. The van der Waals surface area contributed by atoms with E-state index in [1.54, 1.807) is 0 Å². The average Bonchev–Trinajstić information content (AvgIpc) is 3.03. The van der Waals surface area contributed by atoms with Crippen LogP contribution in [0.15, 0.2) is 60.9 Å². The lowest BCUT2D eigenvalue weighted by atomic mass is 10.0. The smallest absolute Gasteiger partial charge is 0.163 e. The van der Waals surface area contributed by atoms with Gasteiger partial charge in [0.25, 0.3) is 0 Å². The number of anilines is 1. The highest BCUT2D eigenvalue weighted by molar-refractivity contribution is 6.30. The molecule has 0 bridgehead atoms. The van der Waals surface area contributed by atoms with Crippen molar-refractivity contribution in [1.29, 1.82) is 0 Å². The van der Waals surface area contributed by atoms with E-state index in [2.05, 4.69) is 29.0 Å². The summed E-state index contributed by atoms with van der Waals surface area (Å²) in [4.78, 5) is 8.58. The number of halogens is 1. The first-order valence-electron chi connectivity index (χ1n) is 8.41. The molecule has 0 fully saturated rings. The van der Waals surface area contributed by atoms with Crippen LogP contribution in [-0.2, 0) is 6.54 Å². The summed E-state index contributed by atoms with van der Waals surface area (Å²) in [6.07, 6.45) is 1.48. The largest absolute Gasteiger partial charge is 0.383 e.